The highest BCUT2D eigenvalue weighted by Gasteiger charge is 2.11. The average molecular weight is 414 g/mol. The van der Waals surface area contributed by atoms with Gasteiger partial charge in [0.05, 0.1) is 25.3 Å². The van der Waals surface area contributed by atoms with Crippen LogP contribution in [-0.4, -0.2) is 46.0 Å². The third-order valence-electron chi connectivity index (χ3n) is 4.50. The van der Waals surface area contributed by atoms with E-state index in [2.05, 4.69) is 20.6 Å². The van der Waals surface area contributed by atoms with Gasteiger partial charge in [0.2, 0.25) is 5.88 Å². The Balaban J connectivity index is 1.38. The zero-order valence-corrected chi connectivity index (χ0v) is 16.6. The van der Waals surface area contributed by atoms with Crippen molar-refractivity contribution in [2.75, 3.05) is 20.3 Å². The SMILES string of the molecule is COc1ccc(-c2nnc3ccc(OCCNC(=O)c4ccc(C#N)cc4)nn23)cc1. The fourth-order valence-corrected chi connectivity index (χ4v) is 2.89. The first-order valence-corrected chi connectivity index (χ1v) is 9.46. The first kappa shape index (κ1) is 19.8. The molecule has 0 bridgehead atoms. The van der Waals surface area contributed by atoms with Crippen LogP contribution in [0.4, 0.5) is 0 Å². The molecule has 0 aliphatic heterocycles. The second-order valence-electron chi connectivity index (χ2n) is 6.49. The topological polar surface area (TPSA) is 114 Å². The number of carbonyl (C=O) groups excluding carboxylic acids is 1. The number of aromatic nitrogens is 4. The molecule has 2 aromatic heterocycles. The zero-order valence-electron chi connectivity index (χ0n) is 16.6. The number of nitrogens with zero attached hydrogens (tertiary/aromatic N) is 5. The molecule has 2 aromatic carbocycles. The maximum atomic E-state index is 12.1. The van der Waals surface area contributed by atoms with Crippen molar-refractivity contribution in [1.29, 1.82) is 5.26 Å². The lowest BCUT2D eigenvalue weighted by Crippen LogP contribution is -2.28. The third kappa shape index (κ3) is 4.43. The van der Waals surface area contributed by atoms with E-state index in [1.165, 1.54) is 0 Å². The minimum atomic E-state index is -0.239. The van der Waals surface area contributed by atoms with Gasteiger partial charge in [-0.2, -0.15) is 9.78 Å². The molecule has 4 rings (SSSR count). The molecule has 0 spiro atoms. The van der Waals surface area contributed by atoms with Crippen LogP contribution in [0.2, 0.25) is 0 Å². The van der Waals surface area contributed by atoms with Gasteiger partial charge in [0.25, 0.3) is 5.91 Å². The number of amides is 1. The zero-order chi connectivity index (χ0) is 21.6. The van der Waals surface area contributed by atoms with E-state index in [0.717, 1.165) is 11.3 Å². The van der Waals surface area contributed by atoms with Crippen LogP contribution in [0.5, 0.6) is 11.6 Å². The second-order valence-corrected chi connectivity index (χ2v) is 6.49. The number of hydrogen-bond donors (Lipinski definition) is 1. The molecule has 0 aliphatic carbocycles. The molecule has 0 aliphatic rings. The fourth-order valence-electron chi connectivity index (χ4n) is 2.89. The summed E-state index contributed by atoms with van der Waals surface area (Å²) in [4.78, 5) is 12.1. The maximum absolute atomic E-state index is 12.1. The molecule has 4 aromatic rings. The quantitative estimate of drug-likeness (QED) is 0.462. The van der Waals surface area contributed by atoms with Crippen molar-refractivity contribution in [1.82, 2.24) is 25.1 Å². The number of fused-ring (bicyclic) bond motifs is 1. The molecule has 0 radical (unpaired) electrons. The predicted octanol–water partition coefficient (Wildman–Crippen LogP) is 2.48. The summed E-state index contributed by atoms with van der Waals surface area (Å²) >= 11 is 0. The number of rotatable bonds is 7. The smallest absolute Gasteiger partial charge is 0.251 e. The van der Waals surface area contributed by atoms with Gasteiger partial charge < -0.3 is 14.8 Å². The van der Waals surface area contributed by atoms with Gasteiger partial charge in [-0.25, -0.2) is 0 Å². The fraction of sp³-hybridized carbons (Fsp3) is 0.136. The Morgan fingerprint density at radius 2 is 1.84 bits per heavy atom. The van der Waals surface area contributed by atoms with Crippen molar-refractivity contribution in [3.63, 3.8) is 0 Å². The van der Waals surface area contributed by atoms with Crippen LogP contribution in [-0.2, 0) is 0 Å². The van der Waals surface area contributed by atoms with Gasteiger partial charge in [-0.3, -0.25) is 4.79 Å². The molecule has 154 valence electrons. The monoisotopic (exact) mass is 414 g/mol. The van der Waals surface area contributed by atoms with Gasteiger partial charge >= 0.3 is 0 Å². The van der Waals surface area contributed by atoms with E-state index in [9.17, 15) is 4.79 Å². The molecular formula is C22H18N6O3. The Kier molecular flexibility index (Phi) is 5.71. The Labute approximate surface area is 177 Å². The minimum absolute atomic E-state index is 0.237. The lowest BCUT2D eigenvalue weighted by atomic mass is 10.1. The van der Waals surface area contributed by atoms with E-state index >= 15 is 0 Å². The number of hydrogen-bond acceptors (Lipinski definition) is 7. The van der Waals surface area contributed by atoms with Crippen LogP contribution < -0.4 is 14.8 Å². The van der Waals surface area contributed by atoms with Crippen molar-refractivity contribution >= 4 is 11.6 Å². The Morgan fingerprint density at radius 1 is 1.06 bits per heavy atom. The molecule has 0 unspecified atom stereocenters. The minimum Gasteiger partial charge on any atom is -0.497 e. The Morgan fingerprint density at radius 3 is 2.55 bits per heavy atom. The molecular weight excluding hydrogens is 396 g/mol. The van der Waals surface area contributed by atoms with Crippen LogP contribution >= 0.6 is 0 Å². The summed E-state index contributed by atoms with van der Waals surface area (Å²) in [5.41, 5.74) is 2.41. The molecule has 0 saturated heterocycles. The van der Waals surface area contributed by atoms with Crippen molar-refractivity contribution < 1.29 is 14.3 Å². The molecule has 9 nitrogen and oxygen atoms in total. The summed E-state index contributed by atoms with van der Waals surface area (Å²) in [6.45, 7) is 0.534. The van der Waals surface area contributed by atoms with Crippen LogP contribution in [0.25, 0.3) is 17.0 Å². The number of methoxy groups -OCH3 is 1. The number of nitrogens with one attached hydrogen (secondary N) is 1. The van der Waals surface area contributed by atoms with E-state index in [-0.39, 0.29) is 12.5 Å². The predicted molar refractivity (Wildman–Crippen MR) is 112 cm³/mol. The lowest BCUT2D eigenvalue weighted by molar-refractivity contribution is 0.0946. The highest BCUT2D eigenvalue weighted by atomic mass is 16.5. The number of nitriles is 1. The van der Waals surface area contributed by atoms with Gasteiger partial charge in [0.1, 0.15) is 12.4 Å². The highest BCUT2D eigenvalue weighted by Crippen LogP contribution is 2.21. The van der Waals surface area contributed by atoms with Gasteiger partial charge in [0, 0.05) is 17.2 Å². The molecule has 0 atom stereocenters. The molecule has 2 heterocycles. The van der Waals surface area contributed by atoms with Crippen molar-refractivity contribution in [3.8, 4) is 29.1 Å². The standard InChI is InChI=1S/C22H18N6O3/c1-30-18-8-6-16(7-9-18)21-26-25-19-10-11-20(27-28(19)21)31-13-12-24-22(29)17-4-2-15(14-23)3-5-17/h2-11H,12-13H2,1H3,(H,24,29). The second kappa shape index (κ2) is 8.92. The van der Waals surface area contributed by atoms with Crippen molar-refractivity contribution in [2.24, 2.45) is 0 Å². The van der Waals surface area contributed by atoms with E-state index < -0.39 is 0 Å². The average Bonchev–Trinajstić information content (AvgIpc) is 3.25. The summed E-state index contributed by atoms with van der Waals surface area (Å²) < 4.78 is 12.5. The van der Waals surface area contributed by atoms with E-state index in [4.69, 9.17) is 14.7 Å². The van der Waals surface area contributed by atoms with Crippen LogP contribution in [0.1, 0.15) is 15.9 Å². The Bertz CT molecular complexity index is 1240. The van der Waals surface area contributed by atoms with Gasteiger partial charge in [-0.1, -0.05) is 0 Å². The van der Waals surface area contributed by atoms with E-state index in [0.29, 0.717) is 35.0 Å². The van der Waals surface area contributed by atoms with Crippen LogP contribution in [0, 0.1) is 11.3 Å². The molecule has 9 heteroatoms. The van der Waals surface area contributed by atoms with Gasteiger partial charge in [-0.15, -0.1) is 15.3 Å². The third-order valence-corrected chi connectivity index (χ3v) is 4.50. The van der Waals surface area contributed by atoms with Gasteiger partial charge in [-0.05, 0) is 54.6 Å². The molecule has 31 heavy (non-hydrogen) atoms. The summed E-state index contributed by atoms with van der Waals surface area (Å²) in [6.07, 6.45) is 0. The lowest BCUT2D eigenvalue weighted by Gasteiger charge is -2.08. The Hall–Kier alpha value is -4.45. The first-order valence-electron chi connectivity index (χ1n) is 9.46. The van der Waals surface area contributed by atoms with E-state index in [1.54, 1.807) is 48.0 Å². The first-order chi connectivity index (χ1) is 15.2. The molecule has 0 saturated carbocycles. The summed E-state index contributed by atoms with van der Waals surface area (Å²) in [7, 11) is 1.61. The van der Waals surface area contributed by atoms with Crippen molar-refractivity contribution in [3.05, 3.63) is 71.8 Å². The van der Waals surface area contributed by atoms with Gasteiger partial charge in [0.15, 0.2) is 11.5 Å². The van der Waals surface area contributed by atoms with Crippen LogP contribution in [0.3, 0.4) is 0 Å². The number of benzene rings is 2. The largest absolute Gasteiger partial charge is 0.497 e. The molecule has 1 N–H and O–H groups in total. The van der Waals surface area contributed by atoms with Crippen molar-refractivity contribution in [2.45, 2.75) is 0 Å². The molecule has 1 amide bonds. The highest BCUT2D eigenvalue weighted by molar-refractivity contribution is 5.94. The summed E-state index contributed by atoms with van der Waals surface area (Å²) in [5.74, 6) is 1.47. The normalized spacial score (nSPS) is 10.5. The molecule has 0 fully saturated rings. The number of ether oxygens (including phenoxy) is 2. The summed E-state index contributed by atoms with van der Waals surface area (Å²) in [6, 6.07) is 19.3. The number of carbonyl (C=O) groups is 1. The summed E-state index contributed by atoms with van der Waals surface area (Å²) in [5, 5.41) is 24.4. The van der Waals surface area contributed by atoms with Crippen LogP contribution in [0.15, 0.2) is 60.7 Å². The maximum Gasteiger partial charge on any atom is 0.251 e. The van der Waals surface area contributed by atoms with E-state index in [1.807, 2.05) is 30.3 Å².